The molecule has 342 valence electrons. The van der Waals surface area contributed by atoms with E-state index in [1.54, 1.807) is 12.2 Å². The van der Waals surface area contributed by atoms with Gasteiger partial charge < -0.3 is 30.3 Å². The second-order valence-corrected chi connectivity index (χ2v) is 15.4. The zero-order valence-corrected chi connectivity index (χ0v) is 37.4. The number of phosphoric ester groups is 1. The monoisotopic (exact) mass is 871 g/mol. The summed E-state index contributed by atoms with van der Waals surface area (Å²) in [7, 11) is -4.79. The Hall–Kier alpha value is -4.16. The van der Waals surface area contributed by atoms with Crippen LogP contribution in [0.2, 0.25) is 0 Å². The first-order valence-electron chi connectivity index (χ1n) is 21.7. The SMILES string of the molecule is CC/C=C\C/C=C\C/C=C\C/C=C\C=C\C(O)CCCC(=O)OC[C@H](COP(=O)(O)OC[C@H](N)C(=O)O)OC(=O)CC/C=C\C/C=C\C/C=C\C/C=C\C/C=C\CCCCC. The summed E-state index contributed by atoms with van der Waals surface area (Å²) in [6, 6.07) is -1.57. The Labute approximate surface area is 365 Å². The first-order chi connectivity index (χ1) is 29.5. The van der Waals surface area contributed by atoms with Gasteiger partial charge in [-0.1, -0.05) is 148 Å². The first-order valence-corrected chi connectivity index (χ1v) is 23.2. The Bertz CT molecular complexity index is 1510. The van der Waals surface area contributed by atoms with Crippen LogP contribution in [0.4, 0.5) is 0 Å². The molecule has 0 rings (SSSR count). The highest BCUT2D eigenvalue weighted by Gasteiger charge is 2.28. The minimum atomic E-state index is -4.79. The maximum atomic E-state index is 12.6. The Balaban J connectivity index is 4.71. The van der Waals surface area contributed by atoms with E-state index in [9.17, 15) is 28.9 Å². The molecule has 0 saturated heterocycles. The molecule has 0 aliphatic heterocycles. The number of carboxylic acids is 1. The predicted molar refractivity (Wildman–Crippen MR) is 245 cm³/mol. The van der Waals surface area contributed by atoms with E-state index < -0.39 is 63.8 Å². The van der Waals surface area contributed by atoms with Gasteiger partial charge >= 0.3 is 25.7 Å². The number of carbonyl (C=O) groups excluding carboxylic acids is 2. The molecule has 0 aromatic rings. The van der Waals surface area contributed by atoms with Crippen LogP contribution in [0.15, 0.2) is 122 Å². The van der Waals surface area contributed by atoms with Crippen LogP contribution in [0, 0.1) is 0 Å². The van der Waals surface area contributed by atoms with Gasteiger partial charge in [0.2, 0.25) is 0 Å². The Morgan fingerprint density at radius 1 is 0.607 bits per heavy atom. The van der Waals surface area contributed by atoms with Crippen LogP contribution >= 0.6 is 7.82 Å². The van der Waals surface area contributed by atoms with E-state index in [4.69, 9.17) is 24.8 Å². The van der Waals surface area contributed by atoms with Gasteiger partial charge in [-0.15, -0.1) is 0 Å². The first kappa shape index (κ1) is 56.8. The third kappa shape index (κ3) is 41.0. The average molecular weight is 872 g/mol. The number of aliphatic hydroxyl groups is 1. The molecule has 0 aromatic heterocycles. The van der Waals surface area contributed by atoms with Crippen LogP contribution in [-0.4, -0.2) is 71.1 Å². The molecule has 0 aliphatic carbocycles. The van der Waals surface area contributed by atoms with E-state index in [0.29, 0.717) is 25.7 Å². The number of phosphoric acid groups is 1. The Morgan fingerprint density at radius 3 is 1.66 bits per heavy atom. The van der Waals surface area contributed by atoms with Gasteiger partial charge in [-0.2, -0.15) is 0 Å². The van der Waals surface area contributed by atoms with Gasteiger partial charge in [-0.25, -0.2) is 4.57 Å². The number of nitrogens with two attached hydrogens (primary N) is 1. The summed E-state index contributed by atoms with van der Waals surface area (Å²) < 4.78 is 32.4. The van der Waals surface area contributed by atoms with Gasteiger partial charge in [0.15, 0.2) is 6.10 Å². The number of esters is 2. The quantitative estimate of drug-likeness (QED) is 0.0151. The van der Waals surface area contributed by atoms with E-state index in [0.717, 1.165) is 51.4 Å². The molecule has 0 radical (unpaired) electrons. The highest BCUT2D eigenvalue weighted by molar-refractivity contribution is 7.47. The summed E-state index contributed by atoms with van der Waals surface area (Å²) in [5, 5.41) is 19.1. The molecular weight excluding hydrogens is 797 g/mol. The second kappa shape index (κ2) is 41.2. The minimum absolute atomic E-state index is 0.0113. The minimum Gasteiger partial charge on any atom is -0.480 e. The zero-order valence-electron chi connectivity index (χ0n) is 36.6. The van der Waals surface area contributed by atoms with Crippen molar-refractivity contribution in [3.05, 3.63) is 122 Å². The molecule has 61 heavy (non-hydrogen) atoms. The lowest BCUT2D eigenvalue weighted by Gasteiger charge is -2.20. The molecular formula is C48H74NO11P. The maximum absolute atomic E-state index is 12.6. The fourth-order valence-electron chi connectivity index (χ4n) is 4.90. The van der Waals surface area contributed by atoms with Gasteiger partial charge in [-0.05, 0) is 83.5 Å². The molecule has 4 atom stereocenters. The molecule has 5 N–H and O–H groups in total. The molecule has 2 unspecified atom stereocenters. The number of carboxylic acid groups (broad SMARTS) is 1. The molecule has 13 heteroatoms. The highest BCUT2D eigenvalue weighted by Crippen LogP contribution is 2.43. The molecule has 0 aliphatic rings. The molecule has 0 fully saturated rings. The van der Waals surface area contributed by atoms with E-state index in [2.05, 4.69) is 97.4 Å². The van der Waals surface area contributed by atoms with Crippen LogP contribution in [0.25, 0.3) is 0 Å². The summed E-state index contributed by atoms with van der Waals surface area (Å²) in [6.07, 6.45) is 51.7. The summed E-state index contributed by atoms with van der Waals surface area (Å²) in [5.74, 6) is -2.73. The van der Waals surface area contributed by atoms with Crippen molar-refractivity contribution >= 4 is 25.7 Å². The van der Waals surface area contributed by atoms with E-state index in [1.165, 1.54) is 19.3 Å². The van der Waals surface area contributed by atoms with Crippen molar-refractivity contribution in [3.63, 3.8) is 0 Å². The number of ether oxygens (including phenoxy) is 2. The number of rotatable bonds is 38. The lowest BCUT2D eigenvalue weighted by atomic mass is 10.1. The largest absolute Gasteiger partial charge is 0.480 e. The normalized spacial score (nSPS) is 15.4. The smallest absolute Gasteiger partial charge is 0.472 e. The molecule has 0 amide bonds. The summed E-state index contributed by atoms with van der Waals surface area (Å²) in [5.41, 5.74) is 5.32. The van der Waals surface area contributed by atoms with Crippen molar-refractivity contribution in [1.82, 2.24) is 0 Å². The van der Waals surface area contributed by atoms with Gasteiger partial charge in [0.05, 0.1) is 19.3 Å². The molecule has 0 heterocycles. The summed E-state index contributed by atoms with van der Waals surface area (Å²) >= 11 is 0. The summed E-state index contributed by atoms with van der Waals surface area (Å²) in [6.45, 7) is 2.36. The lowest BCUT2D eigenvalue weighted by molar-refractivity contribution is -0.161. The fraction of sp³-hybridized carbons (Fsp3) is 0.521. The van der Waals surface area contributed by atoms with Crippen molar-refractivity contribution in [3.8, 4) is 0 Å². The Kier molecular flexibility index (Phi) is 38.4. The van der Waals surface area contributed by atoms with E-state index in [1.807, 2.05) is 30.4 Å². The van der Waals surface area contributed by atoms with Crippen molar-refractivity contribution < 1.29 is 52.6 Å². The van der Waals surface area contributed by atoms with Gasteiger partial charge in [0, 0.05) is 12.8 Å². The number of carbonyl (C=O) groups is 3. The van der Waals surface area contributed by atoms with Gasteiger partial charge in [-0.3, -0.25) is 23.4 Å². The van der Waals surface area contributed by atoms with Crippen LogP contribution in [0.3, 0.4) is 0 Å². The van der Waals surface area contributed by atoms with Crippen molar-refractivity contribution in [2.45, 2.75) is 141 Å². The maximum Gasteiger partial charge on any atom is 0.472 e. The molecule has 12 nitrogen and oxygen atoms in total. The lowest BCUT2D eigenvalue weighted by Crippen LogP contribution is -2.34. The van der Waals surface area contributed by atoms with Crippen LogP contribution in [0.1, 0.15) is 123 Å². The van der Waals surface area contributed by atoms with Crippen molar-refractivity contribution in [2.24, 2.45) is 5.73 Å². The second-order valence-electron chi connectivity index (χ2n) is 13.9. The number of hydrogen-bond acceptors (Lipinski definition) is 10. The van der Waals surface area contributed by atoms with E-state index >= 15 is 0 Å². The standard InChI is InChI=1S/C48H74NO11P/c1-3-5-7-9-11-13-15-17-18-19-20-21-22-24-26-28-30-32-34-38-47(52)60-44(41-58-61(55,56)59-42-45(49)48(53)54)40-57-46(51)39-35-37-43(50)36-33-31-29-27-25-23-16-14-12-10-8-6-4-2/h6,8,11-14,17-18,20-21,23-26,29-33,36,43-45,50H,3-5,7,9-10,15-16,19,22,27-28,34-35,37-42,49H2,1-2H3,(H,53,54)(H,55,56)/b8-6-,13-11-,14-12-,18-17-,21-20-,25-23-,26-24-,31-29-,32-30-,36-33+/t43?,44-,45+/m1/s1. The molecule has 0 spiro atoms. The van der Waals surface area contributed by atoms with Gasteiger partial charge in [0.1, 0.15) is 12.6 Å². The topological polar surface area (TPSA) is 192 Å². The molecule has 0 saturated carbocycles. The summed E-state index contributed by atoms with van der Waals surface area (Å²) in [4.78, 5) is 46.0. The third-order valence-corrected chi connectivity index (χ3v) is 9.26. The van der Waals surface area contributed by atoms with Crippen LogP contribution in [-0.2, 0) is 37.5 Å². The number of allylic oxidation sites excluding steroid dienone is 19. The number of aliphatic hydroxyl groups excluding tert-OH is 1. The number of aliphatic carboxylic acids is 1. The number of hydrogen-bond donors (Lipinski definition) is 4. The van der Waals surface area contributed by atoms with Crippen molar-refractivity contribution in [2.75, 3.05) is 19.8 Å². The predicted octanol–water partition coefficient (Wildman–Crippen LogP) is 10.6. The third-order valence-electron chi connectivity index (χ3n) is 8.31. The molecule has 0 bridgehead atoms. The highest BCUT2D eigenvalue weighted by atomic mass is 31.2. The number of unbranched alkanes of at least 4 members (excludes halogenated alkanes) is 3. The van der Waals surface area contributed by atoms with Crippen LogP contribution < -0.4 is 5.73 Å². The Morgan fingerprint density at radius 2 is 1.11 bits per heavy atom. The van der Waals surface area contributed by atoms with Crippen molar-refractivity contribution in [1.29, 1.82) is 0 Å². The fourth-order valence-corrected chi connectivity index (χ4v) is 5.68. The zero-order chi connectivity index (χ0) is 45.1. The molecule has 0 aromatic carbocycles. The van der Waals surface area contributed by atoms with Crippen LogP contribution in [0.5, 0.6) is 0 Å². The van der Waals surface area contributed by atoms with Gasteiger partial charge in [0.25, 0.3) is 0 Å². The van der Waals surface area contributed by atoms with E-state index in [-0.39, 0.29) is 12.8 Å². The average Bonchev–Trinajstić information content (AvgIpc) is 3.23.